The first kappa shape index (κ1) is 18.3. The fourth-order valence-electron chi connectivity index (χ4n) is 3.35. The maximum Gasteiger partial charge on any atom is 0.246 e. The van der Waals surface area contributed by atoms with E-state index in [-0.39, 0.29) is 5.16 Å². The quantitative estimate of drug-likeness (QED) is 0.629. The number of aryl methyl sites for hydroxylation is 1. The molecule has 0 fully saturated rings. The Kier molecular flexibility index (Phi) is 4.84. The first-order chi connectivity index (χ1) is 12.9. The van der Waals surface area contributed by atoms with Crippen LogP contribution in [0.2, 0.25) is 0 Å². The van der Waals surface area contributed by atoms with E-state index in [2.05, 4.69) is 58.2 Å². The van der Waals surface area contributed by atoms with Gasteiger partial charge in [0.2, 0.25) is 15.0 Å². The van der Waals surface area contributed by atoms with Gasteiger partial charge in [-0.25, -0.2) is 18.4 Å². The van der Waals surface area contributed by atoms with Crippen LogP contribution < -0.4 is 0 Å². The highest BCUT2D eigenvalue weighted by Gasteiger charge is 2.21. The molecule has 27 heavy (non-hydrogen) atoms. The van der Waals surface area contributed by atoms with Gasteiger partial charge < -0.3 is 0 Å². The zero-order valence-corrected chi connectivity index (χ0v) is 17.0. The molecule has 0 radical (unpaired) electrons. The van der Waals surface area contributed by atoms with Crippen molar-refractivity contribution >= 4 is 21.2 Å². The third-order valence-corrected chi connectivity index (χ3v) is 6.74. The van der Waals surface area contributed by atoms with Crippen LogP contribution in [0.25, 0.3) is 10.4 Å². The van der Waals surface area contributed by atoms with Crippen LogP contribution in [0.15, 0.2) is 47.8 Å². The second-order valence-electron chi connectivity index (χ2n) is 6.94. The van der Waals surface area contributed by atoms with Crippen LogP contribution in [-0.4, -0.2) is 36.1 Å². The second-order valence-corrected chi connectivity index (χ2v) is 10.0. The Morgan fingerprint density at radius 2 is 2.00 bits per heavy atom. The Morgan fingerprint density at radius 1 is 1.19 bits per heavy atom. The zero-order chi connectivity index (χ0) is 19.0. The number of aromatic nitrogens is 2. The van der Waals surface area contributed by atoms with Crippen molar-refractivity contribution in [2.75, 3.05) is 12.8 Å². The molecule has 1 aromatic carbocycles. The van der Waals surface area contributed by atoms with Gasteiger partial charge in [-0.15, -0.1) is 11.3 Å². The lowest BCUT2D eigenvalue weighted by Crippen LogP contribution is -2.31. The number of hydrogen-bond donors (Lipinski definition) is 0. The highest BCUT2D eigenvalue weighted by molar-refractivity contribution is 7.90. The molecule has 4 rings (SSSR count). The van der Waals surface area contributed by atoms with Crippen LogP contribution >= 0.6 is 11.3 Å². The summed E-state index contributed by atoms with van der Waals surface area (Å²) in [4.78, 5) is 13.3. The van der Waals surface area contributed by atoms with Gasteiger partial charge in [-0.2, -0.15) is 0 Å². The minimum absolute atomic E-state index is 0.0733. The van der Waals surface area contributed by atoms with E-state index < -0.39 is 9.84 Å². The molecular formula is C20H21N3O2S2. The summed E-state index contributed by atoms with van der Waals surface area (Å²) in [5.41, 5.74) is 4.45. The number of fused-ring (bicyclic) bond motifs is 1. The normalized spacial score (nSPS) is 14.9. The Bertz CT molecular complexity index is 1090. The maximum absolute atomic E-state index is 11.6. The topological polar surface area (TPSA) is 63.2 Å². The summed E-state index contributed by atoms with van der Waals surface area (Å²) < 4.78 is 23.3. The summed E-state index contributed by atoms with van der Waals surface area (Å²) in [7, 11) is -3.36. The smallest absolute Gasteiger partial charge is 0.246 e. The third-order valence-electron chi connectivity index (χ3n) is 4.77. The van der Waals surface area contributed by atoms with Crippen LogP contribution in [0, 0.1) is 6.92 Å². The van der Waals surface area contributed by atoms with Gasteiger partial charge in [-0.1, -0.05) is 24.3 Å². The van der Waals surface area contributed by atoms with Crippen molar-refractivity contribution < 1.29 is 8.42 Å². The van der Waals surface area contributed by atoms with Gasteiger partial charge in [0.05, 0.1) is 5.69 Å². The van der Waals surface area contributed by atoms with E-state index in [0.29, 0.717) is 0 Å². The van der Waals surface area contributed by atoms with E-state index >= 15 is 0 Å². The zero-order valence-electron chi connectivity index (χ0n) is 15.3. The molecule has 0 N–H and O–H groups in total. The van der Waals surface area contributed by atoms with Gasteiger partial charge in [-0.05, 0) is 30.2 Å². The fourth-order valence-corrected chi connectivity index (χ4v) is 5.01. The standard InChI is InChI=1S/C20H21N3O2S2/c1-14-5-3-4-6-17(14)19-8-7-16(26-19)13-23-10-9-18-15(12-23)11-21-20(22-18)27(2,24)25/h3-8,11H,9-10,12-13H2,1-2H3. The van der Waals surface area contributed by atoms with E-state index in [1.807, 2.05) is 11.3 Å². The SMILES string of the molecule is Cc1ccccc1-c1ccc(CN2CCc3nc(S(C)(=O)=O)ncc3C2)s1. The van der Waals surface area contributed by atoms with Crippen LogP contribution in [0.5, 0.6) is 0 Å². The summed E-state index contributed by atoms with van der Waals surface area (Å²) in [6.07, 6.45) is 3.56. The number of benzene rings is 1. The Balaban J connectivity index is 1.49. The number of thiophene rings is 1. The fraction of sp³-hybridized carbons (Fsp3) is 0.300. The van der Waals surface area contributed by atoms with E-state index in [4.69, 9.17) is 0 Å². The molecule has 0 bridgehead atoms. The third kappa shape index (κ3) is 3.95. The van der Waals surface area contributed by atoms with Crippen LogP contribution in [0.3, 0.4) is 0 Å². The van der Waals surface area contributed by atoms with Gasteiger partial charge in [-0.3, -0.25) is 4.90 Å². The molecule has 140 valence electrons. The molecular weight excluding hydrogens is 378 g/mol. The molecule has 2 aromatic heterocycles. The summed E-state index contributed by atoms with van der Waals surface area (Å²) >= 11 is 1.83. The van der Waals surface area contributed by atoms with Crippen molar-refractivity contribution in [2.45, 2.75) is 31.6 Å². The number of nitrogens with zero attached hydrogens (tertiary/aromatic N) is 3. The van der Waals surface area contributed by atoms with Crippen molar-refractivity contribution in [1.29, 1.82) is 0 Å². The van der Waals surface area contributed by atoms with Crippen LogP contribution in [-0.2, 0) is 29.3 Å². The molecule has 0 atom stereocenters. The van der Waals surface area contributed by atoms with Crippen molar-refractivity contribution in [3.05, 3.63) is 64.3 Å². The highest BCUT2D eigenvalue weighted by Crippen LogP contribution is 2.31. The molecule has 0 aliphatic carbocycles. The summed E-state index contributed by atoms with van der Waals surface area (Å²) in [5.74, 6) is 0. The van der Waals surface area contributed by atoms with Crippen molar-refractivity contribution in [1.82, 2.24) is 14.9 Å². The predicted octanol–water partition coefficient (Wildman–Crippen LogP) is 3.48. The predicted molar refractivity (Wildman–Crippen MR) is 107 cm³/mol. The minimum atomic E-state index is -3.36. The van der Waals surface area contributed by atoms with Crippen LogP contribution in [0.4, 0.5) is 0 Å². The summed E-state index contributed by atoms with van der Waals surface area (Å²) in [6, 6.07) is 12.8. The lowest BCUT2D eigenvalue weighted by atomic mass is 10.1. The Morgan fingerprint density at radius 3 is 2.78 bits per heavy atom. The van der Waals surface area contributed by atoms with E-state index in [1.165, 1.54) is 20.9 Å². The van der Waals surface area contributed by atoms with Crippen molar-refractivity contribution in [2.24, 2.45) is 0 Å². The number of sulfone groups is 1. The molecule has 0 spiro atoms. The lowest BCUT2D eigenvalue weighted by Gasteiger charge is -2.27. The number of hydrogen-bond acceptors (Lipinski definition) is 6. The van der Waals surface area contributed by atoms with Gasteiger partial charge in [0.15, 0.2) is 0 Å². The summed E-state index contributed by atoms with van der Waals surface area (Å²) in [6.45, 7) is 4.63. The van der Waals surface area contributed by atoms with Gasteiger partial charge in [0.25, 0.3) is 0 Å². The molecule has 1 aliphatic heterocycles. The lowest BCUT2D eigenvalue weighted by molar-refractivity contribution is 0.244. The van der Waals surface area contributed by atoms with Gasteiger partial charge in [0, 0.05) is 53.8 Å². The van der Waals surface area contributed by atoms with Crippen molar-refractivity contribution in [3.8, 4) is 10.4 Å². The average Bonchev–Trinajstić information content (AvgIpc) is 3.09. The highest BCUT2D eigenvalue weighted by atomic mass is 32.2. The molecule has 0 amide bonds. The maximum atomic E-state index is 11.6. The van der Waals surface area contributed by atoms with Crippen molar-refractivity contribution in [3.63, 3.8) is 0 Å². The molecule has 3 heterocycles. The molecule has 1 aliphatic rings. The van der Waals surface area contributed by atoms with Crippen LogP contribution in [0.1, 0.15) is 21.7 Å². The van der Waals surface area contributed by atoms with E-state index in [0.717, 1.165) is 43.6 Å². The minimum Gasteiger partial charge on any atom is -0.293 e. The monoisotopic (exact) mass is 399 g/mol. The van der Waals surface area contributed by atoms with E-state index in [9.17, 15) is 8.42 Å². The van der Waals surface area contributed by atoms with Gasteiger partial charge >= 0.3 is 0 Å². The average molecular weight is 400 g/mol. The molecule has 5 nitrogen and oxygen atoms in total. The molecule has 3 aromatic rings. The van der Waals surface area contributed by atoms with E-state index in [1.54, 1.807) is 6.20 Å². The second kappa shape index (κ2) is 7.14. The Labute approximate surface area is 163 Å². The summed E-state index contributed by atoms with van der Waals surface area (Å²) in [5, 5.41) is -0.0733. The Hall–Kier alpha value is -2.09. The molecule has 0 saturated heterocycles. The number of rotatable bonds is 4. The first-order valence-electron chi connectivity index (χ1n) is 8.82. The molecule has 0 unspecified atom stereocenters. The first-order valence-corrected chi connectivity index (χ1v) is 11.5. The largest absolute Gasteiger partial charge is 0.293 e. The van der Waals surface area contributed by atoms with Gasteiger partial charge in [0.1, 0.15) is 0 Å². The molecule has 0 saturated carbocycles. The molecule has 7 heteroatoms.